The number of aromatic nitrogens is 2. The van der Waals surface area contributed by atoms with Crippen LogP contribution in [0.4, 0.5) is 19.1 Å². The normalized spacial score (nSPS) is 11.8. The highest BCUT2D eigenvalue weighted by Crippen LogP contribution is 2.29. The van der Waals surface area contributed by atoms with Gasteiger partial charge in [-0.2, -0.15) is 5.10 Å². The van der Waals surface area contributed by atoms with Crippen molar-refractivity contribution >= 4 is 22.6 Å². The number of alkyl halides is 3. The van der Waals surface area contributed by atoms with Gasteiger partial charge in [-0.3, -0.25) is 19.8 Å². The number of aromatic amines is 1. The Morgan fingerprint density at radius 1 is 1.27 bits per heavy atom. The molecule has 1 amide bonds. The molecule has 0 fully saturated rings. The van der Waals surface area contributed by atoms with E-state index in [0.717, 1.165) is 0 Å². The number of carbonyl (C=O) groups excluding carboxylic acids is 1. The minimum Gasteiger partial charge on any atom is -0.444 e. The Hall–Kier alpha value is -3.34. The molecule has 0 atom stereocenters. The van der Waals surface area contributed by atoms with Crippen LogP contribution >= 0.6 is 0 Å². The van der Waals surface area contributed by atoms with Crippen molar-refractivity contribution in [2.45, 2.75) is 26.8 Å². The summed E-state index contributed by atoms with van der Waals surface area (Å²) in [7, 11) is 1.57. The predicted octanol–water partition coefficient (Wildman–Crippen LogP) is 3.10. The minimum absolute atomic E-state index is 0.00606. The number of fused-ring (bicyclic) bond motifs is 1. The summed E-state index contributed by atoms with van der Waals surface area (Å²) >= 11 is 0. The number of benzene rings is 1. The van der Waals surface area contributed by atoms with Gasteiger partial charge in [-0.25, -0.2) is 5.10 Å². The summed E-state index contributed by atoms with van der Waals surface area (Å²) in [6, 6.07) is 5.69. The molecular formula is C19H19F3N4O4. The first-order valence-electron chi connectivity index (χ1n) is 8.85. The van der Waals surface area contributed by atoms with Gasteiger partial charge >= 0.3 is 6.36 Å². The van der Waals surface area contributed by atoms with Gasteiger partial charge in [-0.05, 0) is 27.0 Å². The zero-order chi connectivity index (χ0) is 22.1. The van der Waals surface area contributed by atoms with Crippen LogP contribution in [-0.2, 0) is 11.3 Å². The molecule has 8 nitrogen and oxygen atoms in total. The number of amides is 1. The Morgan fingerprint density at radius 2 is 1.97 bits per heavy atom. The van der Waals surface area contributed by atoms with Crippen LogP contribution in [0.2, 0.25) is 0 Å². The molecule has 2 N–H and O–H groups in total. The first kappa shape index (κ1) is 21.4. The Balaban J connectivity index is 1.72. The molecule has 30 heavy (non-hydrogen) atoms. The van der Waals surface area contributed by atoms with Crippen molar-refractivity contribution in [3.05, 3.63) is 51.6 Å². The number of nitrogens with one attached hydrogen (secondary N) is 2. The van der Waals surface area contributed by atoms with Crippen LogP contribution in [0.3, 0.4) is 0 Å². The molecule has 0 bridgehead atoms. The fourth-order valence-corrected chi connectivity index (χ4v) is 3.15. The second-order valence-corrected chi connectivity index (χ2v) is 6.75. The van der Waals surface area contributed by atoms with Gasteiger partial charge in [0.1, 0.15) is 16.9 Å². The zero-order valence-electron chi connectivity index (χ0n) is 16.4. The van der Waals surface area contributed by atoms with Gasteiger partial charge < -0.3 is 9.15 Å². The van der Waals surface area contributed by atoms with Crippen molar-refractivity contribution in [2.75, 3.05) is 18.9 Å². The van der Waals surface area contributed by atoms with Crippen LogP contribution in [0.5, 0.6) is 5.75 Å². The molecular weight excluding hydrogens is 405 g/mol. The van der Waals surface area contributed by atoms with Crippen LogP contribution in [0, 0.1) is 13.8 Å². The molecule has 0 unspecified atom stereocenters. The molecule has 2 heterocycles. The molecule has 160 valence electrons. The van der Waals surface area contributed by atoms with Crippen LogP contribution in [0.1, 0.15) is 17.0 Å². The highest BCUT2D eigenvalue weighted by Gasteiger charge is 2.32. The topological polar surface area (TPSA) is 100 Å². The van der Waals surface area contributed by atoms with Crippen LogP contribution in [0.25, 0.3) is 10.8 Å². The fraction of sp³-hybridized carbons (Fsp3) is 0.316. The lowest BCUT2D eigenvalue weighted by molar-refractivity contribution is -0.275. The maximum atomic E-state index is 12.6. The summed E-state index contributed by atoms with van der Waals surface area (Å²) < 4.78 is 47.2. The average molecular weight is 424 g/mol. The quantitative estimate of drug-likeness (QED) is 0.631. The van der Waals surface area contributed by atoms with E-state index in [2.05, 4.69) is 20.3 Å². The third-order valence-corrected chi connectivity index (χ3v) is 4.30. The summed E-state index contributed by atoms with van der Waals surface area (Å²) in [6.45, 7) is 3.21. The standard InChI is InChI=1S/C19H19F3N4O4/c1-10-15-11(2)29-18(16(15)17(28)25-24-10)23-14(27)9-26(3)8-12-6-4-5-7-13(12)30-19(20,21)22/h4-7H,8-9H2,1-3H3,(H,23,27)(H,25,28). The highest BCUT2D eigenvalue weighted by atomic mass is 19.4. The number of halogens is 3. The smallest absolute Gasteiger partial charge is 0.444 e. The van der Waals surface area contributed by atoms with Gasteiger partial charge in [0.05, 0.1) is 17.6 Å². The number of H-pyrrole nitrogens is 1. The lowest BCUT2D eigenvalue weighted by atomic mass is 10.2. The van der Waals surface area contributed by atoms with E-state index in [1.807, 2.05) is 0 Å². The van der Waals surface area contributed by atoms with Crippen molar-refractivity contribution < 1.29 is 27.1 Å². The first-order valence-corrected chi connectivity index (χ1v) is 8.85. The number of nitrogens with zero attached hydrogens (tertiary/aromatic N) is 2. The summed E-state index contributed by atoms with van der Waals surface area (Å²) in [4.78, 5) is 26.0. The van der Waals surface area contributed by atoms with Gasteiger partial charge in [-0.15, -0.1) is 13.2 Å². The van der Waals surface area contributed by atoms with Gasteiger partial charge in [0.15, 0.2) is 0 Å². The Labute approximate surface area is 168 Å². The van der Waals surface area contributed by atoms with Crippen molar-refractivity contribution in [2.24, 2.45) is 0 Å². The molecule has 1 aromatic carbocycles. The Morgan fingerprint density at radius 3 is 2.67 bits per heavy atom. The molecule has 3 rings (SSSR count). The maximum Gasteiger partial charge on any atom is 0.573 e. The second-order valence-electron chi connectivity index (χ2n) is 6.75. The number of hydrogen-bond acceptors (Lipinski definition) is 6. The molecule has 0 aliphatic heterocycles. The van der Waals surface area contributed by atoms with Crippen LogP contribution < -0.4 is 15.6 Å². The van der Waals surface area contributed by atoms with E-state index < -0.39 is 17.8 Å². The van der Waals surface area contributed by atoms with Gasteiger partial charge in [-0.1, -0.05) is 18.2 Å². The minimum atomic E-state index is -4.82. The molecule has 0 spiro atoms. The predicted molar refractivity (Wildman–Crippen MR) is 102 cm³/mol. The van der Waals surface area contributed by atoms with Crippen LogP contribution in [-0.4, -0.2) is 41.0 Å². The van der Waals surface area contributed by atoms with Gasteiger partial charge in [0.25, 0.3) is 5.56 Å². The molecule has 0 saturated carbocycles. The number of para-hydroxylation sites is 1. The summed E-state index contributed by atoms with van der Waals surface area (Å²) in [5.41, 5.74) is 0.307. The Bertz CT molecular complexity index is 1140. The van der Waals surface area contributed by atoms with E-state index in [0.29, 0.717) is 16.8 Å². The number of ether oxygens (including phenoxy) is 1. The fourth-order valence-electron chi connectivity index (χ4n) is 3.15. The highest BCUT2D eigenvalue weighted by molar-refractivity contribution is 6.01. The van der Waals surface area contributed by atoms with E-state index in [-0.39, 0.29) is 35.7 Å². The maximum absolute atomic E-state index is 12.6. The number of rotatable bonds is 6. The number of aryl methyl sites for hydroxylation is 2. The van der Waals surface area contributed by atoms with E-state index in [1.165, 1.54) is 23.1 Å². The summed E-state index contributed by atoms with van der Waals surface area (Å²) in [5.74, 6) is -0.410. The molecule has 0 aliphatic rings. The third kappa shape index (κ3) is 4.79. The van der Waals surface area contributed by atoms with Gasteiger partial charge in [0.2, 0.25) is 11.8 Å². The largest absolute Gasteiger partial charge is 0.573 e. The lowest BCUT2D eigenvalue weighted by Crippen LogP contribution is -2.30. The SMILES string of the molecule is Cc1n[nH]c(=O)c2c(NC(=O)CN(C)Cc3ccccc3OC(F)(F)F)oc(C)c12. The van der Waals surface area contributed by atoms with Crippen molar-refractivity contribution in [1.82, 2.24) is 15.1 Å². The lowest BCUT2D eigenvalue weighted by Gasteiger charge is -2.19. The molecule has 11 heteroatoms. The molecule has 0 saturated heterocycles. The summed E-state index contributed by atoms with van der Waals surface area (Å²) in [5, 5.41) is 9.45. The van der Waals surface area contributed by atoms with E-state index >= 15 is 0 Å². The van der Waals surface area contributed by atoms with E-state index in [1.54, 1.807) is 27.0 Å². The third-order valence-electron chi connectivity index (χ3n) is 4.30. The number of hydrogen-bond donors (Lipinski definition) is 2. The second kappa shape index (κ2) is 8.19. The number of carbonyl (C=O) groups is 1. The van der Waals surface area contributed by atoms with E-state index in [4.69, 9.17) is 4.42 Å². The van der Waals surface area contributed by atoms with E-state index in [9.17, 15) is 22.8 Å². The molecule has 0 aliphatic carbocycles. The van der Waals surface area contributed by atoms with Crippen molar-refractivity contribution in [1.29, 1.82) is 0 Å². The molecule has 2 aromatic heterocycles. The Kier molecular flexibility index (Phi) is 5.83. The van der Waals surface area contributed by atoms with Crippen molar-refractivity contribution in [3.63, 3.8) is 0 Å². The average Bonchev–Trinajstić information content (AvgIpc) is 2.95. The zero-order valence-corrected chi connectivity index (χ0v) is 16.4. The number of likely N-dealkylation sites (N-methyl/N-ethyl adjacent to an activating group) is 1. The number of anilines is 1. The molecule has 0 radical (unpaired) electrons. The van der Waals surface area contributed by atoms with Crippen molar-refractivity contribution in [3.8, 4) is 5.75 Å². The first-order chi connectivity index (χ1) is 14.0. The van der Waals surface area contributed by atoms with Crippen LogP contribution in [0.15, 0.2) is 33.5 Å². The summed E-state index contributed by atoms with van der Waals surface area (Å²) in [6.07, 6.45) is -4.82. The molecule has 3 aromatic rings. The monoisotopic (exact) mass is 424 g/mol. The van der Waals surface area contributed by atoms with Gasteiger partial charge in [0, 0.05) is 12.1 Å². The number of furan rings is 1.